The molecule has 0 unspecified atom stereocenters. The van der Waals surface area contributed by atoms with Crippen molar-refractivity contribution in [2.75, 3.05) is 0 Å². The highest BCUT2D eigenvalue weighted by Gasteiger charge is 2.12. The Morgan fingerprint density at radius 3 is 2.47 bits per heavy atom. The Morgan fingerprint density at radius 1 is 1.12 bits per heavy atom. The van der Waals surface area contributed by atoms with Crippen molar-refractivity contribution >= 4 is 11.6 Å². The van der Waals surface area contributed by atoms with Gasteiger partial charge in [-0.05, 0) is 32.4 Å². The maximum atomic E-state index is 13.3. The van der Waals surface area contributed by atoms with Crippen molar-refractivity contribution in [2.45, 2.75) is 20.8 Å². The van der Waals surface area contributed by atoms with Gasteiger partial charge in [-0.25, -0.2) is 14.4 Å². The number of benzene rings is 1. The molecular weight excluding hydrogens is 239 g/mol. The Hall–Kier alpha value is -1.48. The molecule has 2 rings (SSSR count). The van der Waals surface area contributed by atoms with Gasteiger partial charge in [0, 0.05) is 5.56 Å². The third-order valence-corrected chi connectivity index (χ3v) is 2.86. The molecule has 0 aliphatic heterocycles. The minimum Gasteiger partial charge on any atom is -0.230 e. The van der Waals surface area contributed by atoms with Crippen molar-refractivity contribution in [3.8, 4) is 11.4 Å². The van der Waals surface area contributed by atoms with Crippen LogP contribution < -0.4 is 0 Å². The molecular formula is C13H12ClFN2. The van der Waals surface area contributed by atoms with Crippen molar-refractivity contribution in [1.82, 2.24) is 9.97 Å². The van der Waals surface area contributed by atoms with Gasteiger partial charge >= 0.3 is 0 Å². The number of nitrogens with zero attached hydrogens (tertiary/aromatic N) is 2. The normalized spacial score (nSPS) is 10.6. The first-order chi connectivity index (χ1) is 7.99. The minimum absolute atomic E-state index is 0.131. The lowest BCUT2D eigenvalue weighted by molar-refractivity contribution is 0.603. The van der Waals surface area contributed by atoms with E-state index >= 15 is 0 Å². The summed E-state index contributed by atoms with van der Waals surface area (Å²) in [4.78, 5) is 8.12. The van der Waals surface area contributed by atoms with E-state index in [4.69, 9.17) is 11.6 Å². The lowest BCUT2D eigenvalue weighted by Crippen LogP contribution is -1.98. The molecule has 4 heteroatoms. The van der Waals surface area contributed by atoms with Crippen LogP contribution in [0.2, 0.25) is 5.15 Å². The highest BCUT2D eigenvalue weighted by atomic mass is 35.5. The van der Waals surface area contributed by atoms with Crippen molar-refractivity contribution in [3.63, 3.8) is 0 Å². The molecule has 0 saturated heterocycles. The molecule has 0 fully saturated rings. The van der Waals surface area contributed by atoms with Crippen LogP contribution in [0, 0.1) is 26.6 Å². The van der Waals surface area contributed by atoms with Crippen LogP contribution in [0.4, 0.5) is 4.39 Å². The molecule has 1 heterocycles. The van der Waals surface area contributed by atoms with Crippen LogP contribution in [-0.4, -0.2) is 9.97 Å². The molecule has 0 atom stereocenters. The van der Waals surface area contributed by atoms with Gasteiger partial charge in [0.25, 0.3) is 0 Å². The highest BCUT2D eigenvalue weighted by Crippen LogP contribution is 2.24. The lowest BCUT2D eigenvalue weighted by Gasteiger charge is -2.07. The Morgan fingerprint density at radius 2 is 1.82 bits per heavy atom. The van der Waals surface area contributed by atoms with E-state index < -0.39 is 5.82 Å². The topological polar surface area (TPSA) is 25.8 Å². The fraction of sp³-hybridized carbons (Fsp3) is 0.231. The first kappa shape index (κ1) is 12.0. The first-order valence-electron chi connectivity index (χ1n) is 5.26. The van der Waals surface area contributed by atoms with Gasteiger partial charge in [0.2, 0.25) is 0 Å². The third kappa shape index (κ3) is 2.29. The fourth-order valence-electron chi connectivity index (χ4n) is 1.62. The van der Waals surface area contributed by atoms with Crippen molar-refractivity contribution < 1.29 is 4.39 Å². The monoisotopic (exact) mass is 250 g/mol. The third-order valence-electron chi connectivity index (χ3n) is 2.61. The minimum atomic E-state index is -0.555. The molecule has 0 saturated carbocycles. The zero-order valence-electron chi connectivity index (χ0n) is 9.88. The van der Waals surface area contributed by atoms with Gasteiger partial charge in [-0.15, -0.1) is 0 Å². The summed E-state index contributed by atoms with van der Waals surface area (Å²) in [6, 6.07) is 5.97. The number of hydrogen-bond acceptors (Lipinski definition) is 2. The van der Waals surface area contributed by atoms with Crippen LogP contribution in [0.5, 0.6) is 0 Å². The van der Waals surface area contributed by atoms with Crippen LogP contribution in [0.3, 0.4) is 0 Å². The molecule has 0 amide bonds. The van der Waals surface area contributed by atoms with E-state index in [9.17, 15) is 4.39 Å². The van der Waals surface area contributed by atoms with Gasteiger partial charge in [-0.1, -0.05) is 29.3 Å². The van der Waals surface area contributed by atoms with Crippen molar-refractivity contribution in [3.05, 3.63) is 46.0 Å². The van der Waals surface area contributed by atoms with Crippen LogP contribution in [0.15, 0.2) is 18.2 Å². The summed E-state index contributed by atoms with van der Waals surface area (Å²) in [5.74, 6) is -0.0872. The Kier molecular flexibility index (Phi) is 3.11. The molecule has 2 aromatic rings. The van der Waals surface area contributed by atoms with Gasteiger partial charge < -0.3 is 0 Å². The quantitative estimate of drug-likeness (QED) is 0.718. The maximum Gasteiger partial charge on any atom is 0.181 e. The van der Waals surface area contributed by atoms with E-state index in [-0.39, 0.29) is 10.8 Å². The number of rotatable bonds is 1. The van der Waals surface area contributed by atoms with Gasteiger partial charge in [0.05, 0.1) is 5.69 Å². The molecule has 0 aliphatic rings. The predicted octanol–water partition coefficient (Wildman–Crippen LogP) is 3.86. The Bertz CT molecular complexity index is 559. The molecule has 1 aromatic heterocycles. The summed E-state index contributed by atoms with van der Waals surface area (Å²) >= 11 is 5.74. The molecule has 88 valence electrons. The van der Waals surface area contributed by atoms with E-state index in [1.807, 2.05) is 32.0 Å². The fourth-order valence-corrected chi connectivity index (χ4v) is 1.84. The number of aromatic nitrogens is 2. The SMILES string of the molecule is Cc1ccc(C)c(-c2nc(C)c(F)c(Cl)n2)c1. The molecule has 0 bridgehead atoms. The molecule has 1 aromatic carbocycles. The Balaban J connectivity index is 2.64. The number of aryl methyl sites for hydroxylation is 3. The van der Waals surface area contributed by atoms with Gasteiger partial charge in [-0.3, -0.25) is 0 Å². The molecule has 0 spiro atoms. The Labute approximate surface area is 104 Å². The van der Waals surface area contributed by atoms with Crippen LogP contribution >= 0.6 is 11.6 Å². The second kappa shape index (κ2) is 4.41. The molecule has 0 N–H and O–H groups in total. The maximum absolute atomic E-state index is 13.3. The number of halogens is 2. The summed E-state index contributed by atoms with van der Waals surface area (Å²) in [7, 11) is 0. The zero-order chi connectivity index (χ0) is 12.6. The summed E-state index contributed by atoms with van der Waals surface area (Å²) in [6.07, 6.45) is 0. The van der Waals surface area contributed by atoms with Crippen molar-refractivity contribution in [2.24, 2.45) is 0 Å². The van der Waals surface area contributed by atoms with Crippen LogP contribution in [-0.2, 0) is 0 Å². The molecule has 0 radical (unpaired) electrons. The molecule has 2 nitrogen and oxygen atoms in total. The predicted molar refractivity (Wildman–Crippen MR) is 66.6 cm³/mol. The lowest BCUT2D eigenvalue weighted by atomic mass is 10.1. The van der Waals surface area contributed by atoms with Gasteiger partial charge in [-0.2, -0.15) is 0 Å². The summed E-state index contributed by atoms with van der Waals surface area (Å²) in [5.41, 5.74) is 3.29. The van der Waals surface area contributed by atoms with Crippen LogP contribution in [0.1, 0.15) is 16.8 Å². The summed E-state index contributed by atoms with van der Waals surface area (Å²) in [6.45, 7) is 5.53. The first-order valence-corrected chi connectivity index (χ1v) is 5.64. The zero-order valence-corrected chi connectivity index (χ0v) is 10.6. The van der Waals surface area contributed by atoms with E-state index in [2.05, 4.69) is 9.97 Å². The average Bonchev–Trinajstić information content (AvgIpc) is 2.28. The smallest absolute Gasteiger partial charge is 0.181 e. The van der Waals surface area contributed by atoms with Gasteiger partial charge in [0.15, 0.2) is 16.8 Å². The van der Waals surface area contributed by atoms with Gasteiger partial charge in [0.1, 0.15) is 0 Å². The number of hydrogen-bond donors (Lipinski definition) is 0. The van der Waals surface area contributed by atoms with Crippen molar-refractivity contribution in [1.29, 1.82) is 0 Å². The van der Waals surface area contributed by atoms with E-state index in [0.717, 1.165) is 16.7 Å². The summed E-state index contributed by atoms with van der Waals surface area (Å²) in [5, 5.41) is -0.131. The molecule has 17 heavy (non-hydrogen) atoms. The second-order valence-corrected chi connectivity index (χ2v) is 4.41. The van der Waals surface area contributed by atoms with E-state index in [0.29, 0.717) is 5.82 Å². The summed E-state index contributed by atoms with van der Waals surface area (Å²) < 4.78 is 13.3. The average molecular weight is 251 g/mol. The highest BCUT2D eigenvalue weighted by molar-refractivity contribution is 6.29. The van der Waals surface area contributed by atoms with Crippen LogP contribution in [0.25, 0.3) is 11.4 Å². The standard InChI is InChI=1S/C13H12ClFN2/c1-7-4-5-8(2)10(6-7)13-16-9(3)11(15)12(14)17-13/h4-6H,1-3H3. The van der Waals surface area contributed by atoms with E-state index in [1.54, 1.807) is 6.92 Å². The molecule has 0 aliphatic carbocycles. The van der Waals surface area contributed by atoms with E-state index in [1.165, 1.54) is 0 Å². The second-order valence-electron chi connectivity index (χ2n) is 4.06. The largest absolute Gasteiger partial charge is 0.230 e.